The number of benzene rings is 12. The number of phenols is 6. The van der Waals surface area contributed by atoms with Crippen molar-refractivity contribution in [1.82, 2.24) is 38.2 Å². The minimum atomic E-state index is -4.21. The van der Waals surface area contributed by atoms with Crippen LogP contribution in [0.2, 0.25) is 0 Å². The van der Waals surface area contributed by atoms with Gasteiger partial charge in [0.15, 0.2) is 0 Å². The fourth-order valence-corrected chi connectivity index (χ4v) is 18.0. The van der Waals surface area contributed by atoms with Gasteiger partial charge in [-0.25, -0.2) is 46.3 Å². The van der Waals surface area contributed by atoms with E-state index in [0.29, 0.717) is 94.8 Å². The number of hydrogen-bond donors (Lipinski definition) is 9. The average molecular weight is 2040 g/mol. The van der Waals surface area contributed by atoms with E-state index in [1.165, 1.54) is 30.8 Å². The molecule has 0 radical (unpaired) electrons. The van der Waals surface area contributed by atoms with Crippen LogP contribution < -0.4 is 36.8 Å². The standard InChI is InChI=1S/C20H23F3N2O.C20H21F2N3O.C20H22N2O2.C19H19F2N3O.C19H23F2N3O.C19H20N2O2/c1-15(20(21,22)23)12-18-14-24(16-6-3-2-4-7-16)10-11-25(18)17-8-5-9-19(26)13-17;1-20(21,22)19(23)18-17(11-14-6-3-2-4-7-14)24-13-25(18)12-15-8-5-9-16(26)10-15;1-24-11-10-20-19(13-16-6-3-2-4-7-16)21-15-22(20)14-17-8-5-9-18(23)12-17;1-19(20,21)18(22)17-16(14-7-3-2-4-8-14)23-12-24(17)11-13-6-5-9-15(25)10-13;1-19(20,21)18(22)17-13-23(14-6-3-2-4-7-14)10-11-24(17)15-8-5-9-16(25)12-15;1-23-11-10-18-19(16-7-3-2-4-8-16)20-14-21(18)13-15-6-5-9-17(22)12-15/h2-9,13,15,18,26H,10-12,14H2,1H3;2-10,13,19,26H,11-12,23H2,1H3;2-9,12,15,23H,10-11,13-14H2,1H3;2-10,12,18,25H,11,22H2,1H3;2-9,12,17-18,25H,10-11,13,22H2,1H3;2-9,12,14,22H,10-11,13H2,1H3. The van der Waals surface area contributed by atoms with Gasteiger partial charge in [-0.1, -0.05) is 225 Å². The number of hydrogen-bond acceptors (Lipinski definition) is 19. The normalized spacial score (nSPS) is 14.6. The molecule has 6 unspecified atom stereocenters. The number of piperazine rings is 2. The van der Waals surface area contributed by atoms with Crippen LogP contribution in [0.25, 0.3) is 22.5 Å². The summed E-state index contributed by atoms with van der Waals surface area (Å²) in [6.45, 7) is 10.4. The van der Waals surface area contributed by atoms with Crippen molar-refractivity contribution in [2.75, 3.05) is 86.3 Å². The molecule has 0 bridgehead atoms. The Morgan fingerprint density at radius 3 is 1.10 bits per heavy atom. The molecule has 2 fully saturated rings. The number of halogens is 9. The van der Waals surface area contributed by atoms with E-state index in [4.69, 9.17) is 26.7 Å². The summed E-state index contributed by atoms with van der Waals surface area (Å²) in [7, 11) is 3.42. The fraction of sp³-hybridized carbons (Fsp3) is 0.282. The Hall–Kier alpha value is -15.4. The molecule has 2 saturated heterocycles. The van der Waals surface area contributed by atoms with Crippen LogP contribution in [0.5, 0.6) is 34.5 Å². The van der Waals surface area contributed by atoms with Crippen LogP contribution >= 0.6 is 0 Å². The molecule has 4 aromatic heterocycles. The van der Waals surface area contributed by atoms with Gasteiger partial charge in [0.05, 0.1) is 90.7 Å². The molecule has 0 amide bonds. The van der Waals surface area contributed by atoms with Crippen molar-refractivity contribution in [2.45, 2.75) is 140 Å². The van der Waals surface area contributed by atoms with Gasteiger partial charge in [0.1, 0.15) is 46.6 Å². The van der Waals surface area contributed by atoms with Crippen molar-refractivity contribution in [3.05, 3.63) is 420 Å². The van der Waals surface area contributed by atoms with Gasteiger partial charge in [0.25, 0.3) is 17.8 Å². The first-order chi connectivity index (χ1) is 71.4. The van der Waals surface area contributed by atoms with Crippen molar-refractivity contribution in [3.8, 4) is 57.0 Å². The van der Waals surface area contributed by atoms with E-state index in [1.807, 2.05) is 223 Å². The summed E-state index contributed by atoms with van der Waals surface area (Å²) in [5.74, 6) is -9.52. The Kier molecular flexibility index (Phi) is 38.9. The van der Waals surface area contributed by atoms with Gasteiger partial charge < -0.3 is 95.2 Å². The van der Waals surface area contributed by atoms with Crippen molar-refractivity contribution in [2.24, 2.45) is 23.1 Å². The number of nitrogens with zero attached hydrogens (tertiary/aromatic N) is 12. The molecule has 0 aliphatic carbocycles. The van der Waals surface area contributed by atoms with Gasteiger partial charge in [-0.3, -0.25) is 0 Å². The highest BCUT2D eigenvalue weighted by atomic mass is 19.4. The van der Waals surface area contributed by atoms with Gasteiger partial charge in [-0.05, 0) is 137 Å². The Morgan fingerprint density at radius 1 is 0.342 bits per heavy atom. The van der Waals surface area contributed by atoms with Crippen molar-refractivity contribution >= 4 is 22.7 Å². The smallest absolute Gasteiger partial charge is 0.391 e. The number of methoxy groups -OCH3 is 2. The lowest BCUT2D eigenvalue weighted by Crippen LogP contribution is -2.64. The summed E-state index contributed by atoms with van der Waals surface area (Å²) in [6.07, 6.45) is 5.43. The van der Waals surface area contributed by atoms with Crippen LogP contribution in [-0.4, -0.2) is 178 Å². The maximum absolute atomic E-state index is 14.0. The van der Waals surface area contributed by atoms with E-state index in [2.05, 4.69) is 63.1 Å². The average Bonchev–Trinajstić information content (AvgIpc) is 1.71. The van der Waals surface area contributed by atoms with E-state index in [9.17, 15) is 70.2 Å². The van der Waals surface area contributed by atoms with E-state index in [-0.39, 0.29) is 59.2 Å². The zero-order chi connectivity index (χ0) is 106. The molecule has 782 valence electrons. The lowest BCUT2D eigenvalue weighted by molar-refractivity contribution is -0.172. The van der Waals surface area contributed by atoms with E-state index < -0.39 is 54.0 Å². The van der Waals surface area contributed by atoms with E-state index >= 15 is 0 Å². The quantitative estimate of drug-likeness (QED) is 0.0177. The topological polar surface area (TPSA) is 302 Å². The van der Waals surface area contributed by atoms with Crippen LogP contribution in [0.4, 0.5) is 62.3 Å². The third kappa shape index (κ3) is 31.8. The summed E-state index contributed by atoms with van der Waals surface area (Å²) in [6, 6.07) is 94.9. The Labute approximate surface area is 862 Å². The number of aromatic hydroxyl groups is 6. The molecule has 0 saturated carbocycles. The first-order valence-corrected chi connectivity index (χ1v) is 49.1. The van der Waals surface area contributed by atoms with E-state index in [1.54, 1.807) is 126 Å². The molecular weight excluding hydrogens is 1910 g/mol. The second-order valence-electron chi connectivity index (χ2n) is 37.2. The molecule has 2 aliphatic heterocycles. The second-order valence-corrected chi connectivity index (χ2v) is 37.2. The molecule has 6 heterocycles. The minimum absolute atomic E-state index is 0.0164. The zero-order valence-corrected chi connectivity index (χ0v) is 84.0. The number of aromatic nitrogens is 8. The Balaban J connectivity index is 0.000000149. The third-order valence-corrected chi connectivity index (χ3v) is 25.8. The molecule has 12 aromatic carbocycles. The molecule has 18 rings (SSSR count). The summed E-state index contributed by atoms with van der Waals surface area (Å²) in [4.78, 5) is 26.0. The monoisotopic (exact) mass is 2040 g/mol. The SMILES string of the molecule is CC(CC1CN(c2ccccc2)CCN1c1cccc(O)c1)C(F)(F)F.CC(F)(F)C(N)C1CN(c2ccccc2)CCN1c1cccc(O)c1.CC(F)(F)C(N)c1c(-c2ccccc2)ncn1Cc1cccc(O)c1.CC(F)(F)C(N)c1c(Cc2ccccc2)ncn1Cc1cccc(O)c1.COCCc1c(-c2ccccc2)ncn1Cc1cccc(O)c1.COCCc1c(Cc2ccccc2)ncn1Cc1cccc(O)c1. The van der Waals surface area contributed by atoms with Crippen LogP contribution in [-0.2, 0) is 61.3 Å². The Bertz CT molecular complexity index is 6800. The highest BCUT2D eigenvalue weighted by molar-refractivity contribution is 5.65. The number of alkyl halides is 9. The van der Waals surface area contributed by atoms with Crippen LogP contribution in [0.15, 0.2) is 353 Å². The third-order valence-electron chi connectivity index (χ3n) is 25.8. The van der Waals surface area contributed by atoms with Crippen molar-refractivity contribution in [3.63, 3.8) is 0 Å². The molecule has 0 spiro atoms. The van der Waals surface area contributed by atoms with Crippen molar-refractivity contribution < 1.29 is 79.6 Å². The number of anilines is 4. The summed E-state index contributed by atoms with van der Waals surface area (Å²) >= 11 is 0. The highest BCUT2D eigenvalue weighted by Crippen LogP contribution is 2.40. The molecule has 12 N–H and O–H groups in total. The van der Waals surface area contributed by atoms with Crippen LogP contribution in [0.1, 0.15) is 114 Å². The minimum Gasteiger partial charge on any atom is -0.508 e. The maximum Gasteiger partial charge on any atom is 0.391 e. The maximum atomic E-state index is 14.0. The first-order valence-electron chi connectivity index (χ1n) is 49.1. The molecule has 6 atom stereocenters. The Morgan fingerprint density at radius 2 is 0.671 bits per heavy atom. The molecule has 32 heteroatoms. The van der Waals surface area contributed by atoms with Gasteiger partial charge in [-0.2, -0.15) is 13.2 Å². The fourth-order valence-electron chi connectivity index (χ4n) is 18.0. The summed E-state index contributed by atoms with van der Waals surface area (Å²) < 4.78 is 141. The largest absolute Gasteiger partial charge is 0.508 e. The lowest BCUT2D eigenvalue weighted by atomic mass is 9.97. The molecule has 23 nitrogen and oxygen atoms in total. The number of phenolic OH excluding ortho intramolecular Hbond substituents is 6. The van der Waals surface area contributed by atoms with Gasteiger partial charge in [0.2, 0.25) is 0 Å². The number of ether oxygens (including phenoxy) is 2. The highest BCUT2D eigenvalue weighted by Gasteiger charge is 2.45. The van der Waals surface area contributed by atoms with Gasteiger partial charge in [0, 0.05) is 190 Å². The van der Waals surface area contributed by atoms with Crippen molar-refractivity contribution in [1.29, 1.82) is 0 Å². The van der Waals surface area contributed by atoms with Crippen LogP contribution in [0.3, 0.4) is 0 Å². The molecule has 2 aliphatic rings. The molecule has 149 heavy (non-hydrogen) atoms. The van der Waals surface area contributed by atoms with Gasteiger partial charge in [-0.15, -0.1) is 0 Å². The first kappa shape index (κ1) is 111. The molecule has 16 aromatic rings. The number of para-hydroxylation sites is 2. The predicted octanol–water partition coefficient (Wildman–Crippen LogP) is 22.5. The predicted molar refractivity (Wildman–Crippen MR) is 568 cm³/mol. The second kappa shape index (κ2) is 52.3. The van der Waals surface area contributed by atoms with Crippen LogP contribution in [0, 0.1) is 5.92 Å². The zero-order valence-electron chi connectivity index (χ0n) is 84.0. The molecular formula is C117H128F9N15O8. The summed E-state index contributed by atoms with van der Waals surface area (Å²) in [5, 5.41) is 58.0. The number of rotatable bonds is 32. The summed E-state index contributed by atoms with van der Waals surface area (Å²) in [5.41, 5.74) is 34.9. The van der Waals surface area contributed by atoms with Gasteiger partial charge >= 0.3 is 6.18 Å². The van der Waals surface area contributed by atoms with E-state index in [0.717, 1.165) is 120 Å². The lowest BCUT2D eigenvalue weighted by Gasteiger charge is -2.47. The number of imidazole rings is 4. The number of nitrogens with two attached hydrogens (primary N) is 3.